The molecule has 1 aliphatic rings. The van der Waals surface area contributed by atoms with Crippen LogP contribution < -0.4 is 13.8 Å². The van der Waals surface area contributed by atoms with Gasteiger partial charge in [0.25, 0.3) is 10.0 Å². The van der Waals surface area contributed by atoms with Crippen LogP contribution in [0.1, 0.15) is 25.8 Å². The maximum Gasteiger partial charge on any atom is 0.264 e. The van der Waals surface area contributed by atoms with Crippen LogP contribution >= 0.6 is 0 Å². The van der Waals surface area contributed by atoms with Crippen molar-refractivity contribution in [2.45, 2.75) is 38.1 Å². The average molecular weight is 361 g/mol. The van der Waals surface area contributed by atoms with Gasteiger partial charge in [-0.2, -0.15) is 0 Å². The predicted octanol–water partition coefficient (Wildman–Crippen LogP) is 3.76. The molecule has 1 aliphatic heterocycles. The normalized spacial score (nSPS) is 14.2. The number of fused-ring (bicyclic) bond motifs is 1. The van der Waals surface area contributed by atoms with Crippen LogP contribution in [0.15, 0.2) is 47.4 Å². The lowest BCUT2D eigenvalue weighted by Crippen LogP contribution is -2.37. The Balaban J connectivity index is 2.04. The summed E-state index contributed by atoms with van der Waals surface area (Å²) in [5.41, 5.74) is 1.73. The van der Waals surface area contributed by atoms with Gasteiger partial charge in [-0.3, -0.25) is 4.31 Å². The van der Waals surface area contributed by atoms with E-state index in [0.29, 0.717) is 30.4 Å². The summed E-state index contributed by atoms with van der Waals surface area (Å²) in [6, 6.07) is 12.1. The summed E-state index contributed by atoms with van der Waals surface area (Å²) in [6.45, 7) is 6.78. The van der Waals surface area contributed by atoms with Crippen LogP contribution in [-0.4, -0.2) is 27.7 Å². The van der Waals surface area contributed by atoms with E-state index in [-0.39, 0.29) is 10.9 Å². The van der Waals surface area contributed by atoms with Gasteiger partial charge in [-0.05, 0) is 45.0 Å². The van der Waals surface area contributed by atoms with E-state index in [1.54, 1.807) is 18.2 Å². The molecule has 1 heterocycles. The number of aryl methyl sites for hydroxylation is 1. The van der Waals surface area contributed by atoms with Crippen molar-refractivity contribution < 1.29 is 17.9 Å². The molecule has 0 radical (unpaired) electrons. The second kappa shape index (κ2) is 6.96. The smallest absolute Gasteiger partial charge is 0.264 e. The summed E-state index contributed by atoms with van der Waals surface area (Å²) in [7, 11) is -3.71. The van der Waals surface area contributed by atoms with Crippen molar-refractivity contribution in [1.29, 1.82) is 0 Å². The molecule has 0 amide bonds. The van der Waals surface area contributed by atoms with E-state index in [1.807, 2.05) is 45.0 Å². The summed E-state index contributed by atoms with van der Waals surface area (Å²) < 4.78 is 39.2. The summed E-state index contributed by atoms with van der Waals surface area (Å²) in [5.74, 6) is 1.06. The molecule has 5 nitrogen and oxygen atoms in total. The van der Waals surface area contributed by atoms with Gasteiger partial charge in [0.1, 0.15) is 0 Å². The van der Waals surface area contributed by atoms with E-state index >= 15 is 0 Å². The highest BCUT2D eigenvalue weighted by Gasteiger charge is 2.28. The van der Waals surface area contributed by atoms with E-state index in [0.717, 1.165) is 12.0 Å². The van der Waals surface area contributed by atoms with Gasteiger partial charge in [-0.1, -0.05) is 17.7 Å². The lowest BCUT2D eigenvalue weighted by molar-refractivity contribution is 0.297. The molecule has 0 atom stereocenters. The van der Waals surface area contributed by atoms with Crippen LogP contribution in [0.3, 0.4) is 0 Å². The molecule has 0 bridgehead atoms. The Bertz CT molecular complexity index is 844. The molecule has 0 aliphatic carbocycles. The second-order valence-corrected chi connectivity index (χ2v) is 8.20. The third kappa shape index (κ3) is 3.58. The minimum Gasteiger partial charge on any atom is -0.490 e. The van der Waals surface area contributed by atoms with E-state index < -0.39 is 10.0 Å². The lowest BCUT2D eigenvalue weighted by atomic mass is 10.2. The highest BCUT2D eigenvalue weighted by molar-refractivity contribution is 7.92. The number of ether oxygens (including phenoxy) is 2. The van der Waals surface area contributed by atoms with Crippen molar-refractivity contribution in [3.05, 3.63) is 48.0 Å². The summed E-state index contributed by atoms with van der Waals surface area (Å²) in [6.07, 6.45) is 0.776. The highest BCUT2D eigenvalue weighted by atomic mass is 32.2. The van der Waals surface area contributed by atoms with Gasteiger partial charge in [-0.15, -0.1) is 0 Å². The van der Waals surface area contributed by atoms with Crippen molar-refractivity contribution in [3.63, 3.8) is 0 Å². The fraction of sp³-hybridized carbons (Fsp3) is 0.368. The third-order valence-electron chi connectivity index (χ3n) is 4.03. The molecule has 0 N–H and O–H groups in total. The molecule has 3 rings (SSSR count). The van der Waals surface area contributed by atoms with Crippen molar-refractivity contribution in [1.82, 2.24) is 0 Å². The summed E-state index contributed by atoms with van der Waals surface area (Å²) in [5, 5.41) is 0. The lowest BCUT2D eigenvalue weighted by Gasteiger charge is -2.28. The van der Waals surface area contributed by atoms with Gasteiger partial charge < -0.3 is 9.47 Å². The van der Waals surface area contributed by atoms with Crippen LogP contribution in [0.5, 0.6) is 11.5 Å². The highest BCUT2D eigenvalue weighted by Crippen LogP contribution is 2.34. The quantitative estimate of drug-likeness (QED) is 0.832. The maximum absolute atomic E-state index is 13.3. The number of anilines is 1. The first-order valence-corrected chi connectivity index (χ1v) is 9.84. The fourth-order valence-electron chi connectivity index (χ4n) is 2.82. The Labute approximate surface area is 149 Å². The molecule has 0 saturated heterocycles. The van der Waals surface area contributed by atoms with Crippen molar-refractivity contribution >= 4 is 15.7 Å². The van der Waals surface area contributed by atoms with Crippen LogP contribution in [0.2, 0.25) is 0 Å². The van der Waals surface area contributed by atoms with Gasteiger partial charge >= 0.3 is 0 Å². The van der Waals surface area contributed by atoms with Crippen LogP contribution in [0.25, 0.3) is 0 Å². The zero-order valence-electron chi connectivity index (χ0n) is 14.7. The van der Waals surface area contributed by atoms with Crippen molar-refractivity contribution in [2.24, 2.45) is 0 Å². The molecule has 0 fully saturated rings. The Hall–Kier alpha value is -2.21. The average Bonchev–Trinajstić information content (AvgIpc) is 2.81. The zero-order valence-corrected chi connectivity index (χ0v) is 15.5. The van der Waals surface area contributed by atoms with Gasteiger partial charge in [0.2, 0.25) is 0 Å². The zero-order chi connectivity index (χ0) is 18.0. The molecule has 134 valence electrons. The first-order valence-electron chi connectivity index (χ1n) is 8.40. The number of hydrogen-bond acceptors (Lipinski definition) is 4. The van der Waals surface area contributed by atoms with E-state index in [1.165, 1.54) is 4.31 Å². The van der Waals surface area contributed by atoms with Gasteiger partial charge in [0, 0.05) is 18.5 Å². The van der Waals surface area contributed by atoms with Crippen LogP contribution in [0, 0.1) is 6.92 Å². The molecular weight excluding hydrogens is 338 g/mol. The van der Waals surface area contributed by atoms with Gasteiger partial charge in [0.15, 0.2) is 11.5 Å². The largest absolute Gasteiger partial charge is 0.490 e. The Morgan fingerprint density at radius 3 is 2.24 bits per heavy atom. The molecule has 2 aromatic carbocycles. The van der Waals surface area contributed by atoms with Crippen LogP contribution in [-0.2, 0) is 10.0 Å². The minimum absolute atomic E-state index is 0.200. The molecule has 6 heteroatoms. The molecule has 25 heavy (non-hydrogen) atoms. The van der Waals surface area contributed by atoms with E-state index in [9.17, 15) is 8.42 Å². The topological polar surface area (TPSA) is 55.8 Å². The van der Waals surface area contributed by atoms with Crippen molar-refractivity contribution in [3.8, 4) is 11.5 Å². The molecular formula is C19H23NO4S. The Morgan fingerprint density at radius 2 is 1.60 bits per heavy atom. The second-order valence-electron chi connectivity index (χ2n) is 6.39. The predicted molar refractivity (Wildman–Crippen MR) is 98.0 cm³/mol. The molecule has 0 spiro atoms. The van der Waals surface area contributed by atoms with Gasteiger partial charge in [0.05, 0.1) is 23.8 Å². The molecule has 0 unspecified atom stereocenters. The van der Waals surface area contributed by atoms with Crippen LogP contribution in [0.4, 0.5) is 5.69 Å². The fourth-order valence-corrected chi connectivity index (χ4v) is 4.50. The summed E-state index contributed by atoms with van der Waals surface area (Å²) in [4.78, 5) is 0.200. The maximum atomic E-state index is 13.3. The first-order chi connectivity index (χ1) is 11.9. The summed E-state index contributed by atoms with van der Waals surface area (Å²) >= 11 is 0. The van der Waals surface area contributed by atoms with Gasteiger partial charge in [-0.25, -0.2) is 8.42 Å². The number of sulfonamides is 1. The van der Waals surface area contributed by atoms with Crippen molar-refractivity contribution in [2.75, 3.05) is 17.5 Å². The first kappa shape index (κ1) is 17.6. The Kier molecular flexibility index (Phi) is 4.90. The SMILES string of the molecule is Cc1ccc(N(C(C)C)S(=O)(=O)c2ccc3c(c2)OCCCO3)cc1. The Morgan fingerprint density at radius 1 is 0.960 bits per heavy atom. The molecule has 0 aromatic heterocycles. The minimum atomic E-state index is -3.71. The van der Waals surface area contributed by atoms with E-state index in [4.69, 9.17) is 9.47 Å². The molecule has 2 aromatic rings. The number of benzene rings is 2. The number of nitrogens with zero attached hydrogens (tertiary/aromatic N) is 1. The standard InChI is InChI=1S/C19H23NO4S/c1-14(2)20(16-7-5-15(3)6-8-16)25(21,22)17-9-10-18-19(13-17)24-12-4-11-23-18/h5-10,13-14H,4,11-12H2,1-3H3. The number of hydrogen-bond donors (Lipinski definition) is 0. The monoisotopic (exact) mass is 361 g/mol. The van der Waals surface area contributed by atoms with E-state index in [2.05, 4.69) is 0 Å². The number of rotatable bonds is 4. The third-order valence-corrected chi connectivity index (χ3v) is 6.03. The molecule has 0 saturated carbocycles.